The van der Waals surface area contributed by atoms with E-state index < -0.39 is 0 Å². The minimum Gasteiger partial charge on any atom is -0.396 e. The van der Waals surface area contributed by atoms with Gasteiger partial charge in [-0.3, -0.25) is 0 Å². The summed E-state index contributed by atoms with van der Waals surface area (Å²) in [6.07, 6.45) is 5.84. The number of aliphatic hydroxyl groups is 1. The quantitative estimate of drug-likeness (QED) is 0.767. The van der Waals surface area contributed by atoms with Crippen molar-refractivity contribution in [3.8, 4) is 0 Å². The maximum Gasteiger partial charge on any atom is 0.0443 e. The zero-order chi connectivity index (χ0) is 14.4. The van der Waals surface area contributed by atoms with Gasteiger partial charge in [-0.1, -0.05) is 30.7 Å². The lowest BCUT2D eigenvalue weighted by molar-refractivity contribution is 0.113. The first-order valence-corrected chi connectivity index (χ1v) is 7.88. The number of hydrogen-bond donors (Lipinski definition) is 2. The standard InChI is InChI=1S/C17H28N2O/c1-14-6-2-3-9-16(14)17(18)10-12-19(11-5-13-20)15-7-4-8-15/h2-3,6,9,15,17,20H,4-5,7-8,10-13,18H2,1H3. The maximum atomic E-state index is 9.03. The summed E-state index contributed by atoms with van der Waals surface area (Å²) in [6.45, 7) is 4.46. The highest BCUT2D eigenvalue weighted by Gasteiger charge is 2.24. The van der Waals surface area contributed by atoms with Gasteiger partial charge in [-0.05, 0) is 43.7 Å². The molecule has 112 valence electrons. The molecule has 3 nitrogen and oxygen atoms in total. The van der Waals surface area contributed by atoms with Crippen LogP contribution < -0.4 is 5.73 Å². The molecule has 0 aromatic heterocycles. The molecule has 0 bridgehead atoms. The maximum absolute atomic E-state index is 9.03. The van der Waals surface area contributed by atoms with Gasteiger partial charge >= 0.3 is 0 Å². The normalized spacial score (nSPS) is 17.2. The highest BCUT2D eigenvalue weighted by atomic mass is 16.3. The van der Waals surface area contributed by atoms with Crippen LogP contribution >= 0.6 is 0 Å². The molecule has 1 fully saturated rings. The van der Waals surface area contributed by atoms with E-state index in [9.17, 15) is 0 Å². The Morgan fingerprint density at radius 3 is 2.65 bits per heavy atom. The molecule has 1 aliphatic carbocycles. The molecule has 0 amide bonds. The summed E-state index contributed by atoms with van der Waals surface area (Å²) in [7, 11) is 0. The van der Waals surface area contributed by atoms with Gasteiger partial charge in [-0.2, -0.15) is 0 Å². The topological polar surface area (TPSA) is 49.5 Å². The number of aryl methyl sites for hydroxylation is 1. The van der Waals surface area contributed by atoms with Crippen LogP contribution in [0.5, 0.6) is 0 Å². The average Bonchev–Trinajstić information content (AvgIpc) is 2.39. The zero-order valence-corrected chi connectivity index (χ0v) is 12.6. The van der Waals surface area contributed by atoms with Crippen molar-refractivity contribution in [2.75, 3.05) is 19.7 Å². The lowest BCUT2D eigenvalue weighted by Gasteiger charge is -2.38. The Morgan fingerprint density at radius 1 is 1.30 bits per heavy atom. The van der Waals surface area contributed by atoms with E-state index in [2.05, 4.69) is 36.1 Å². The van der Waals surface area contributed by atoms with Gasteiger partial charge in [0.15, 0.2) is 0 Å². The van der Waals surface area contributed by atoms with Crippen LogP contribution in [-0.2, 0) is 0 Å². The van der Waals surface area contributed by atoms with Crippen LogP contribution in [0.15, 0.2) is 24.3 Å². The molecule has 1 atom stereocenters. The van der Waals surface area contributed by atoms with E-state index in [1.807, 2.05) is 0 Å². The van der Waals surface area contributed by atoms with Crippen LogP contribution in [0.1, 0.15) is 49.3 Å². The molecular weight excluding hydrogens is 248 g/mol. The highest BCUT2D eigenvalue weighted by Crippen LogP contribution is 2.26. The first-order valence-electron chi connectivity index (χ1n) is 7.88. The Kier molecular flexibility index (Phi) is 6.02. The van der Waals surface area contributed by atoms with Gasteiger partial charge < -0.3 is 15.7 Å². The molecule has 3 heteroatoms. The molecule has 1 aromatic rings. The van der Waals surface area contributed by atoms with Gasteiger partial charge in [0.1, 0.15) is 0 Å². The van der Waals surface area contributed by atoms with E-state index >= 15 is 0 Å². The smallest absolute Gasteiger partial charge is 0.0443 e. The van der Waals surface area contributed by atoms with Gasteiger partial charge in [0.2, 0.25) is 0 Å². The molecule has 0 radical (unpaired) electrons. The molecule has 0 spiro atoms. The Labute approximate surface area is 122 Å². The third kappa shape index (κ3) is 4.05. The molecular formula is C17H28N2O. The van der Waals surface area contributed by atoms with Gasteiger partial charge in [0, 0.05) is 31.8 Å². The first kappa shape index (κ1) is 15.5. The van der Waals surface area contributed by atoms with Crippen molar-refractivity contribution in [1.29, 1.82) is 0 Å². The summed E-state index contributed by atoms with van der Waals surface area (Å²) in [5.41, 5.74) is 8.91. The second-order valence-electron chi connectivity index (χ2n) is 5.95. The molecule has 2 rings (SSSR count). The number of aliphatic hydroxyl groups excluding tert-OH is 1. The van der Waals surface area contributed by atoms with E-state index in [-0.39, 0.29) is 12.6 Å². The fourth-order valence-electron chi connectivity index (χ4n) is 2.97. The number of nitrogens with zero attached hydrogens (tertiary/aromatic N) is 1. The molecule has 1 aromatic carbocycles. The van der Waals surface area contributed by atoms with E-state index in [0.29, 0.717) is 0 Å². The molecule has 0 aliphatic heterocycles. The molecule has 20 heavy (non-hydrogen) atoms. The van der Waals surface area contributed by atoms with Crippen molar-refractivity contribution >= 4 is 0 Å². The highest BCUT2D eigenvalue weighted by molar-refractivity contribution is 5.28. The summed E-state index contributed by atoms with van der Waals surface area (Å²) in [6, 6.07) is 9.25. The van der Waals surface area contributed by atoms with Crippen molar-refractivity contribution in [3.05, 3.63) is 35.4 Å². The number of rotatable bonds is 8. The van der Waals surface area contributed by atoms with Crippen LogP contribution in [0, 0.1) is 6.92 Å². The molecule has 3 N–H and O–H groups in total. The summed E-state index contributed by atoms with van der Waals surface area (Å²) in [5, 5.41) is 9.03. The van der Waals surface area contributed by atoms with Crippen molar-refractivity contribution in [1.82, 2.24) is 4.90 Å². The SMILES string of the molecule is Cc1ccccc1C(N)CCN(CCCO)C1CCC1. The van der Waals surface area contributed by atoms with Gasteiger partial charge in [0.05, 0.1) is 0 Å². The van der Waals surface area contributed by atoms with Crippen molar-refractivity contribution in [3.63, 3.8) is 0 Å². The van der Waals surface area contributed by atoms with E-state index in [1.165, 1.54) is 30.4 Å². The van der Waals surface area contributed by atoms with Crippen LogP contribution in [0.3, 0.4) is 0 Å². The monoisotopic (exact) mass is 276 g/mol. The Bertz CT molecular complexity index is 404. The number of hydrogen-bond acceptors (Lipinski definition) is 3. The summed E-state index contributed by atoms with van der Waals surface area (Å²) >= 11 is 0. The van der Waals surface area contributed by atoms with Gasteiger partial charge in [-0.25, -0.2) is 0 Å². The first-order chi connectivity index (χ1) is 9.72. The van der Waals surface area contributed by atoms with Crippen LogP contribution in [0.4, 0.5) is 0 Å². The molecule has 0 saturated heterocycles. The number of benzene rings is 1. The number of nitrogens with two attached hydrogens (primary N) is 1. The predicted molar refractivity (Wildman–Crippen MR) is 83.6 cm³/mol. The Balaban J connectivity index is 1.86. The fraction of sp³-hybridized carbons (Fsp3) is 0.647. The molecule has 1 saturated carbocycles. The Morgan fingerprint density at radius 2 is 2.05 bits per heavy atom. The zero-order valence-electron chi connectivity index (χ0n) is 12.6. The predicted octanol–water partition coefficient (Wildman–Crippen LogP) is 2.62. The van der Waals surface area contributed by atoms with E-state index in [1.54, 1.807) is 0 Å². The third-order valence-corrected chi connectivity index (χ3v) is 4.51. The summed E-state index contributed by atoms with van der Waals surface area (Å²) < 4.78 is 0. The van der Waals surface area contributed by atoms with Gasteiger partial charge in [-0.15, -0.1) is 0 Å². The van der Waals surface area contributed by atoms with Crippen LogP contribution in [0.2, 0.25) is 0 Å². The van der Waals surface area contributed by atoms with Crippen molar-refractivity contribution in [2.45, 2.75) is 51.1 Å². The third-order valence-electron chi connectivity index (χ3n) is 4.51. The van der Waals surface area contributed by atoms with Gasteiger partial charge in [0.25, 0.3) is 0 Å². The second-order valence-corrected chi connectivity index (χ2v) is 5.95. The molecule has 1 unspecified atom stereocenters. The van der Waals surface area contributed by atoms with Crippen LogP contribution in [0.25, 0.3) is 0 Å². The second kappa shape index (κ2) is 7.77. The van der Waals surface area contributed by atoms with Crippen molar-refractivity contribution < 1.29 is 5.11 Å². The lowest BCUT2D eigenvalue weighted by Crippen LogP contribution is -2.42. The Hall–Kier alpha value is -0.900. The summed E-state index contributed by atoms with van der Waals surface area (Å²) in [5.74, 6) is 0. The lowest BCUT2D eigenvalue weighted by atomic mass is 9.90. The van der Waals surface area contributed by atoms with E-state index in [4.69, 9.17) is 10.8 Å². The molecule has 1 aliphatic rings. The minimum atomic E-state index is 0.118. The van der Waals surface area contributed by atoms with Crippen LogP contribution in [-0.4, -0.2) is 35.7 Å². The molecule has 0 heterocycles. The average molecular weight is 276 g/mol. The minimum absolute atomic E-state index is 0.118. The largest absolute Gasteiger partial charge is 0.396 e. The summed E-state index contributed by atoms with van der Waals surface area (Å²) in [4.78, 5) is 2.53. The van der Waals surface area contributed by atoms with E-state index in [0.717, 1.165) is 32.0 Å². The van der Waals surface area contributed by atoms with Crippen molar-refractivity contribution in [2.24, 2.45) is 5.73 Å². The fourth-order valence-corrected chi connectivity index (χ4v) is 2.97.